The minimum absolute atomic E-state index is 0.00940. The zero-order valence-electron chi connectivity index (χ0n) is 15.6. The van der Waals surface area contributed by atoms with E-state index in [4.69, 9.17) is 16.3 Å². The van der Waals surface area contributed by atoms with E-state index in [0.29, 0.717) is 0 Å². The number of rotatable bonds is 6. The van der Waals surface area contributed by atoms with Crippen LogP contribution in [0.4, 0.5) is 20.2 Å². The highest BCUT2D eigenvalue weighted by atomic mass is 35.5. The van der Waals surface area contributed by atoms with E-state index in [1.807, 2.05) is 0 Å². The minimum atomic E-state index is -1.59. The molecule has 3 aromatic rings. The highest BCUT2D eigenvalue weighted by molar-refractivity contribution is 6.32. The minimum Gasteiger partial charge on any atom is -0.444 e. The number of carbonyl (C=O) groups is 2. The maximum Gasteiger partial charge on any atom is 0.345 e. The van der Waals surface area contributed by atoms with Gasteiger partial charge < -0.3 is 10.1 Å². The Morgan fingerprint density at radius 1 is 1.00 bits per heavy atom. The Kier molecular flexibility index (Phi) is 6.56. The van der Waals surface area contributed by atoms with Crippen LogP contribution in [0.25, 0.3) is 0 Å². The number of halogens is 3. The van der Waals surface area contributed by atoms with Gasteiger partial charge in [-0.05, 0) is 24.3 Å². The van der Waals surface area contributed by atoms with Gasteiger partial charge in [0.1, 0.15) is 22.2 Å². The van der Waals surface area contributed by atoms with Crippen molar-refractivity contribution >= 4 is 34.9 Å². The van der Waals surface area contributed by atoms with Gasteiger partial charge in [0.05, 0.1) is 4.92 Å². The topological polar surface area (TPSA) is 98.5 Å². The van der Waals surface area contributed by atoms with Crippen molar-refractivity contribution in [3.05, 3.63) is 105 Å². The number of hydrogen-bond donors (Lipinski definition) is 1. The lowest BCUT2D eigenvalue weighted by Crippen LogP contribution is -2.26. The summed E-state index contributed by atoms with van der Waals surface area (Å²) in [4.78, 5) is 35.6. The third kappa shape index (κ3) is 5.01. The summed E-state index contributed by atoms with van der Waals surface area (Å²) in [7, 11) is 0. The van der Waals surface area contributed by atoms with Gasteiger partial charge >= 0.3 is 5.97 Å². The number of nitrogens with zero attached hydrogens (tertiary/aromatic N) is 1. The van der Waals surface area contributed by atoms with Crippen LogP contribution < -0.4 is 5.32 Å². The van der Waals surface area contributed by atoms with Gasteiger partial charge in [0, 0.05) is 17.3 Å². The van der Waals surface area contributed by atoms with E-state index in [-0.39, 0.29) is 16.3 Å². The molecule has 0 bridgehead atoms. The molecule has 1 amide bonds. The average molecular weight is 447 g/mol. The normalized spacial score (nSPS) is 11.5. The fraction of sp³-hybridized carbons (Fsp3) is 0.0476. The van der Waals surface area contributed by atoms with Gasteiger partial charge in [-0.2, -0.15) is 0 Å². The summed E-state index contributed by atoms with van der Waals surface area (Å²) in [5, 5.41) is 13.3. The molecule has 0 saturated carbocycles. The summed E-state index contributed by atoms with van der Waals surface area (Å²) < 4.78 is 33.0. The fourth-order valence-electron chi connectivity index (χ4n) is 2.70. The molecule has 0 heterocycles. The van der Waals surface area contributed by atoms with Gasteiger partial charge in [-0.3, -0.25) is 14.9 Å². The van der Waals surface area contributed by atoms with Crippen LogP contribution in [0.2, 0.25) is 5.02 Å². The lowest BCUT2D eigenvalue weighted by Gasteiger charge is -2.18. The predicted molar refractivity (Wildman–Crippen MR) is 108 cm³/mol. The lowest BCUT2D eigenvalue weighted by atomic mass is 10.1. The molecular weight excluding hydrogens is 434 g/mol. The van der Waals surface area contributed by atoms with E-state index < -0.39 is 45.8 Å². The summed E-state index contributed by atoms with van der Waals surface area (Å²) in [6.07, 6.45) is -1.59. The fourth-order valence-corrected chi connectivity index (χ4v) is 2.88. The molecule has 0 fully saturated rings. The number of carbonyl (C=O) groups excluding carboxylic acids is 2. The molecule has 31 heavy (non-hydrogen) atoms. The van der Waals surface area contributed by atoms with Crippen molar-refractivity contribution < 1.29 is 28.0 Å². The Labute approximate surface area is 179 Å². The van der Waals surface area contributed by atoms with Gasteiger partial charge in [-0.15, -0.1) is 0 Å². The number of nitro benzene ring substituents is 1. The second-order valence-corrected chi connectivity index (χ2v) is 6.61. The molecule has 0 aliphatic rings. The van der Waals surface area contributed by atoms with Gasteiger partial charge in [0.2, 0.25) is 6.10 Å². The maximum atomic E-state index is 13.9. The van der Waals surface area contributed by atoms with Crippen LogP contribution in [0.1, 0.15) is 22.0 Å². The van der Waals surface area contributed by atoms with Crippen LogP contribution >= 0.6 is 11.6 Å². The zero-order chi connectivity index (χ0) is 22.5. The molecule has 1 N–H and O–H groups in total. The first-order valence-electron chi connectivity index (χ1n) is 8.72. The lowest BCUT2D eigenvalue weighted by molar-refractivity contribution is -0.384. The Hall–Kier alpha value is -3.85. The molecule has 0 saturated heterocycles. The van der Waals surface area contributed by atoms with E-state index in [9.17, 15) is 28.5 Å². The molecule has 158 valence electrons. The van der Waals surface area contributed by atoms with Gasteiger partial charge in [-0.1, -0.05) is 48.0 Å². The number of benzene rings is 3. The SMILES string of the molecule is O=C(OC(C(=O)Nc1ccc(Cl)c([N+](=O)[O-])c1)c1ccccc1)c1c(F)cccc1F. The van der Waals surface area contributed by atoms with Crippen LogP contribution in [0, 0.1) is 21.7 Å². The van der Waals surface area contributed by atoms with E-state index >= 15 is 0 Å². The molecule has 0 aromatic heterocycles. The Morgan fingerprint density at radius 3 is 2.26 bits per heavy atom. The number of nitro groups is 1. The standard InChI is InChI=1S/C21H13ClF2N2O5/c22-14-10-9-13(11-17(14)26(29)30)25-20(27)19(12-5-2-1-3-6-12)31-21(28)18-15(23)7-4-8-16(18)24/h1-11,19H,(H,25,27). The largest absolute Gasteiger partial charge is 0.444 e. The number of hydrogen-bond acceptors (Lipinski definition) is 5. The van der Waals surface area contributed by atoms with Crippen molar-refractivity contribution in [1.82, 2.24) is 0 Å². The van der Waals surface area contributed by atoms with Crippen LogP contribution in [-0.2, 0) is 9.53 Å². The molecule has 7 nitrogen and oxygen atoms in total. The van der Waals surface area contributed by atoms with Crippen molar-refractivity contribution in [2.75, 3.05) is 5.32 Å². The number of anilines is 1. The van der Waals surface area contributed by atoms with Crippen LogP contribution in [0.3, 0.4) is 0 Å². The molecule has 3 aromatic carbocycles. The summed E-state index contributed by atoms with van der Waals surface area (Å²) >= 11 is 5.76. The summed E-state index contributed by atoms with van der Waals surface area (Å²) in [6.45, 7) is 0. The second kappa shape index (κ2) is 9.31. The third-order valence-corrected chi connectivity index (χ3v) is 4.46. The molecule has 0 aliphatic heterocycles. The van der Waals surface area contributed by atoms with Crippen LogP contribution in [-0.4, -0.2) is 16.8 Å². The van der Waals surface area contributed by atoms with Crippen molar-refractivity contribution in [3.63, 3.8) is 0 Å². The molecule has 0 spiro atoms. The highest BCUT2D eigenvalue weighted by Crippen LogP contribution is 2.29. The molecule has 0 aliphatic carbocycles. The quantitative estimate of drug-likeness (QED) is 0.324. The number of nitrogens with one attached hydrogen (secondary N) is 1. The maximum absolute atomic E-state index is 13.9. The summed E-state index contributed by atoms with van der Waals surface area (Å²) in [6, 6.07) is 14.1. The first kappa shape index (κ1) is 21.8. The monoisotopic (exact) mass is 446 g/mol. The smallest absolute Gasteiger partial charge is 0.345 e. The Morgan fingerprint density at radius 2 is 1.65 bits per heavy atom. The number of amides is 1. The van der Waals surface area contributed by atoms with Gasteiger partial charge in [0.15, 0.2) is 0 Å². The zero-order valence-corrected chi connectivity index (χ0v) is 16.3. The van der Waals surface area contributed by atoms with Gasteiger partial charge in [-0.25, -0.2) is 13.6 Å². The third-order valence-electron chi connectivity index (χ3n) is 4.14. The number of esters is 1. The second-order valence-electron chi connectivity index (χ2n) is 6.21. The van der Waals surface area contributed by atoms with Crippen LogP contribution in [0.15, 0.2) is 66.7 Å². The number of ether oxygens (including phenoxy) is 1. The van der Waals surface area contributed by atoms with Crippen molar-refractivity contribution in [1.29, 1.82) is 0 Å². The van der Waals surface area contributed by atoms with Crippen molar-refractivity contribution in [3.8, 4) is 0 Å². The Bertz CT molecular complexity index is 1140. The Balaban J connectivity index is 1.91. The molecule has 1 atom stereocenters. The van der Waals surface area contributed by atoms with E-state index in [1.54, 1.807) is 18.2 Å². The van der Waals surface area contributed by atoms with Gasteiger partial charge in [0.25, 0.3) is 11.6 Å². The first-order chi connectivity index (χ1) is 14.8. The van der Waals surface area contributed by atoms with E-state index in [2.05, 4.69) is 5.32 Å². The molecular formula is C21H13ClF2N2O5. The van der Waals surface area contributed by atoms with Crippen molar-refractivity contribution in [2.45, 2.75) is 6.10 Å². The first-order valence-corrected chi connectivity index (χ1v) is 9.10. The average Bonchev–Trinajstić information content (AvgIpc) is 2.73. The molecule has 1 unspecified atom stereocenters. The predicted octanol–water partition coefficient (Wildman–Crippen LogP) is 5.06. The molecule has 10 heteroatoms. The molecule has 3 rings (SSSR count). The van der Waals surface area contributed by atoms with E-state index in [0.717, 1.165) is 24.3 Å². The van der Waals surface area contributed by atoms with E-state index in [1.165, 1.54) is 24.3 Å². The van der Waals surface area contributed by atoms with Crippen molar-refractivity contribution in [2.24, 2.45) is 0 Å². The van der Waals surface area contributed by atoms with Crippen LogP contribution in [0.5, 0.6) is 0 Å². The highest BCUT2D eigenvalue weighted by Gasteiger charge is 2.29. The summed E-state index contributed by atoms with van der Waals surface area (Å²) in [5.74, 6) is -4.58. The summed E-state index contributed by atoms with van der Waals surface area (Å²) in [5.41, 5.74) is -1.16. The molecule has 0 radical (unpaired) electrons.